The molecule has 0 fully saturated rings. The van der Waals surface area contributed by atoms with Gasteiger partial charge in [0, 0.05) is 22.4 Å². The second kappa shape index (κ2) is 7.36. The molecule has 0 aliphatic carbocycles. The summed E-state index contributed by atoms with van der Waals surface area (Å²) >= 11 is 0. The first-order valence-corrected chi connectivity index (χ1v) is 7.29. The molecule has 0 radical (unpaired) electrons. The van der Waals surface area contributed by atoms with Crippen LogP contribution in [0.15, 0.2) is 66.2 Å². The number of carbonyl (C=O) groups excluding carboxylic acids is 2. The fraction of sp³-hybridized carbons (Fsp3) is 0.158. The zero-order chi connectivity index (χ0) is 15.9. The number of nitrogens with one attached hydrogen (secondary N) is 1. The molecule has 0 heterocycles. The van der Waals surface area contributed by atoms with Gasteiger partial charge in [-0.05, 0) is 25.5 Å². The van der Waals surface area contributed by atoms with E-state index in [2.05, 4.69) is 5.32 Å². The molecule has 0 aliphatic rings. The van der Waals surface area contributed by atoms with E-state index >= 15 is 0 Å². The molecule has 0 aliphatic heterocycles. The molecule has 0 saturated carbocycles. The lowest BCUT2D eigenvalue weighted by molar-refractivity contribution is -0.112. The molecule has 2 aromatic carbocycles. The zero-order valence-electron chi connectivity index (χ0n) is 12.8. The van der Waals surface area contributed by atoms with Gasteiger partial charge in [0.1, 0.15) is 0 Å². The van der Waals surface area contributed by atoms with E-state index in [1.165, 1.54) is 0 Å². The number of carbonyl (C=O) groups is 2. The maximum atomic E-state index is 12.4. The van der Waals surface area contributed by atoms with Gasteiger partial charge in [0.2, 0.25) is 0 Å². The molecule has 0 aromatic heterocycles. The lowest BCUT2D eigenvalue weighted by Crippen LogP contribution is -2.13. The SMILES string of the molecule is CC/C=C(\C)C(=O)Nc1cccc(C(=O)c2ccccc2)c1. The summed E-state index contributed by atoms with van der Waals surface area (Å²) in [5.41, 5.74) is 2.48. The van der Waals surface area contributed by atoms with Crippen molar-refractivity contribution >= 4 is 17.4 Å². The summed E-state index contributed by atoms with van der Waals surface area (Å²) in [7, 11) is 0. The van der Waals surface area contributed by atoms with Crippen LogP contribution in [0.4, 0.5) is 5.69 Å². The number of amides is 1. The largest absolute Gasteiger partial charge is 0.322 e. The normalized spacial score (nSPS) is 11.1. The molecule has 22 heavy (non-hydrogen) atoms. The van der Waals surface area contributed by atoms with Crippen LogP contribution in [0.25, 0.3) is 0 Å². The van der Waals surface area contributed by atoms with Gasteiger partial charge in [0.15, 0.2) is 5.78 Å². The summed E-state index contributed by atoms with van der Waals surface area (Å²) in [6.07, 6.45) is 2.68. The van der Waals surface area contributed by atoms with Crippen molar-refractivity contribution in [1.29, 1.82) is 0 Å². The van der Waals surface area contributed by atoms with Crippen LogP contribution in [0.5, 0.6) is 0 Å². The average Bonchev–Trinajstić information content (AvgIpc) is 2.55. The van der Waals surface area contributed by atoms with Gasteiger partial charge in [-0.1, -0.05) is 55.5 Å². The monoisotopic (exact) mass is 293 g/mol. The van der Waals surface area contributed by atoms with Crippen molar-refractivity contribution < 1.29 is 9.59 Å². The Morgan fingerprint density at radius 1 is 1.00 bits per heavy atom. The van der Waals surface area contributed by atoms with Gasteiger partial charge in [-0.3, -0.25) is 9.59 Å². The van der Waals surface area contributed by atoms with Gasteiger partial charge < -0.3 is 5.32 Å². The van der Waals surface area contributed by atoms with E-state index in [0.717, 1.165) is 6.42 Å². The standard InChI is InChI=1S/C19H19NO2/c1-3-8-14(2)19(22)20-17-12-7-11-16(13-17)18(21)15-9-5-4-6-10-15/h4-13H,3H2,1-2H3,(H,20,22)/b14-8+. The summed E-state index contributed by atoms with van der Waals surface area (Å²) in [5.74, 6) is -0.205. The first-order valence-electron chi connectivity index (χ1n) is 7.29. The highest BCUT2D eigenvalue weighted by atomic mass is 16.1. The third kappa shape index (κ3) is 3.92. The van der Waals surface area contributed by atoms with Crippen LogP contribution >= 0.6 is 0 Å². The molecule has 112 valence electrons. The molecule has 3 heteroatoms. The van der Waals surface area contributed by atoms with Crippen molar-refractivity contribution in [2.75, 3.05) is 5.32 Å². The van der Waals surface area contributed by atoms with E-state index in [4.69, 9.17) is 0 Å². The fourth-order valence-electron chi connectivity index (χ4n) is 2.12. The number of benzene rings is 2. The molecule has 0 saturated heterocycles. The Kier molecular flexibility index (Phi) is 5.26. The van der Waals surface area contributed by atoms with Crippen LogP contribution in [0.2, 0.25) is 0 Å². The van der Waals surface area contributed by atoms with Crippen LogP contribution in [0.1, 0.15) is 36.2 Å². The Labute approximate surface area is 130 Å². The van der Waals surface area contributed by atoms with Crippen LogP contribution in [-0.2, 0) is 4.79 Å². The molecule has 0 spiro atoms. The van der Waals surface area contributed by atoms with Gasteiger partial charge >= 0.3 is 0 Å². The van der Waals surface area contributed by atoms with E-state index < -0.39 is 0 Å². The highest BCUT2D eigenvalue weighted by Gasteiger charge is 2.10. The van der Waals surface area contributed by atoms with Crippen molar-refractivity contribution in [3.05, 3.63) is 77.4 Å². The maximum Gasteiger partial charge on any atom is 0.250 e. The third-order valence-corrected chi connectivity index (χ3v) is 3.29. The Morgan fingerprint density at radius 2 is 1.68 bits per heavy atom. The minimum atomic E-state index is -0.147. The van der Waals surface area contributed by atoms with Crippen LogP contribution in [0.3, 0.4) is 0 Å². The lowest BCUT2D eigenvalue weighted by Gasteiger charge is -2.07. The Morgan fingerprint density at radius 3 is 2.36 bits per heavy atom. The van der Waals surface area contributed by atoms with E-state index in [1.807, 2.05) is 31.2 Å². The Balaban J connectivity index is 2.19. The van der Waals surface area contributed by atoms with Gasteiger partial charge in [-0.2, -0.15) is 0 Å². The summed E-state index contributed by atoms with van der Waals surface area (Å²) in [6, 6.07) is 16.1. The minimum Gasteiger partial charge on any atom is -0.322 e. The number of allylic oxidation sites excluding steroid dienone is 1. The van der Waals surface area contributed by atoms with Crippen molar-refractivity contribution in [3.63, 3.8) is 0 Å². The zero-order valence-corrected chi connectivity index (χ0v) is 12.8. The first-order chi connectivity index (χ1) is 10.6. The smallest absolute Gasteiger partial charge is 0.250 e. The summed E-state index contributed by atoms with van der Waals surface area (Å²) in [4.78, 5) is 24.4. The third-order valence-electron chi connectivity index (χ3n) is 3.29. The molecule has 2 aromatic rings. The van der Waals surface area contributed by atoms with Gasteiger partial charge in [-0.15, -0.1) is 0 Å². The first kappa shape index (κ1) is 15.7. The molecule has 3 nitrogen and oxygen atoms in total. The van der Waals surface area contributed by atoms with E-state index in [-0.39, 0.29) is 11.7 Å². The van der Waals surface area contributed by atoms with Gasteiger partial charge in [-0.25, -0.2) is 0 Å². The second-order valence-corrected chi connectivity index (χ2v) is 5.03. The number of rotatable bonds is 5. The van der Waals surface area contributed by atoms with Crippen molar-refractivity contribution in [1.82, 2.24) is 0 Å². The maximum absolute atomic E-state index is 12.4. The van der Waals surface area contributed by atoms with Crippen molar-refractivity contribution in [3.8, 4) is 0 Å². The highest BCUT2D eigenvalue weighted by Crippen LogP contribution is 2.15. The summed E-state index contributed by atoms with van der Waals surface area (Å²) < 4.78 is 0. The number of ketones is 1. The molecule has 2 rings (SSSR count). The average molecular weight is 293 g/mol. The molecule has 1 N–H and O–H groups in total. The van der Waals surface area contributed by atoms with Gasteiger partial charge in [0.25, 0.3) is 5.91 Å². The number of hydrogen-bond donors (Lipinski definition) is 1. The molecular formula is C19H19NO2. The molecule has 0 unspecified atom stereocenters. The van der Waals surface area contributed by atoms with Crippen molar-refractivity contribution in [2.24, 2.45) is 0 Å². The molecule has 1 amide bonds. The predicted molar refractivity (Wildman–Crippen MR) is 89.0 cm³/mol. The number of hydrogen-bond acceptors (Lipinski definition) is 2. The molecular weight excluding hydrogens is 274 g/mol. The van der Waals surface area contributed by atoms with Crippen LogP contribution < -0.4 is 5.32 Å². The summed E-state index contributed by atoms with van der Waals surface area (Å²) in [6.45, 7) is 3.76. The van der Waals surface area contributed by atoms with Gasteiger partial charge in [0.05, 0.1) is 0 Å². The lowest BCUT2D eigenvalue weighted by atomic mass is 10.0. The predicted octanol–water partition coefficient (Wildman–Crippen LogP) is 4.21. The molecule has 0 bridgehead atoms. The molecule has 0 atom stereocenters. The van der Waals surface area contributed by atoms with E-state index in [9.17, 15) is 9.59 Å². The topological polar surface area (TPSA) is 46.2 Å². The Hall–Kier alpha value is -2.68. The minimum absolute atomic E-state index is 0.0579. The fourth-order valence-corrected chi connectivity index (χ4v) is 2.12. The second-order valence-electron chi connectivity index (χ2n) is 5.03. The van der Waals surface area contributed by atoms with Crippen molar-refractivity contribution in [2.45, 2.75) is 20.3 Å². The Bertz CT molecular complexity index is 702. The van der Waals surface area contributed by atoms with E-state index in [0.29, 0.717) is 22.4 Å². The number of anilines is 1. The van der Waals surface area contributed by atoms with Crippen LogP contribution in [0, 0.1) is 0 Å². The highest BCUT2D eigenvalue weighted by molar-refractivity contribution is 6.10. The summed E-state index contributed by atoms with van der Waals surface area (Å²) in [5, 5.41) is 2.81. The van der Waals surface area contributed by atoms with Crippen LogP contribution in [-0.4, -0.2) is 11.7 Å². The quantitative estimate of drug-likeness (QED) is 0.663. The van der Waals surface area contributed by atoms with E-state index in [1.54, 1.807) is 43.3 Å².